The Morgan fingerprint density at radius 2 is 1.95 bits per heavy atom. The van der Waals surface area contributed by atoms with Crippen molar-refractivity contribution in [2.24, 2.45) is 0 Å². The van der Waals surface area contributed by atoms with Crippen molar-refractivity contribution in [3.05, 3.63) is 53.8 Å². The molecule has 0 aliphatic rings. The van der Waals surface area contributed by atoms with Gasteiger partial charge >= 0.3 is 0 Å². The van der Waals surface area contributed by atoms with Gasteiger partial charge in [0.2, 0.25) is 5.88 Å². The highest BCUT2D eigenvalue weighted by atomic mass is 35.5. The van der Waals surface area contributed by atoms with Crippen molar-refractivity contribution in [3.63, 3.8) is 0 Å². The van der Waals surface area contributed by atoms with E-state index in [9.17, 15) is 0 Å². The number of nitrogens with zero attached hydrogens (tertiary/aromatic N) is 2. The lowest BCUT2D eigenvalue weighted by Crippen LogP contribution is -1.92. The van der Waals surface area contributed by atoms with Crippen LogP contribution in [0.25, 0.3) is 10.9 Å². The van der Waals surface area contributed by atoms with E-state index in [4.69, 9.17) is 22.1 Å². The van der Waals surface area contributed by atoms with Crippen molar-refractivity contribution in [1.29, 1.82) is 0 Å². The molecule has 19 heavy (non-hydrogen) atoms. The predicted octanol–water partition coefficient (Wildman–Crippen LogP) is 3.66. The van der Waals surface area contributed by atoms with E-state index in [1.807, 2.05) is 30.3 Å². The molecule has 5 heteroatoms. The van der Waals surface area contributed by atoms with Gasteiger partial charge in [-0.05, 0) is 18.2 Å². The minimum atomic E-state index is 0.295. The number of nitrogens with two attached hydrogens (primary N) is 1. The fourth-order valence-electron chi connectivity index (χ4n) is 1.77. The first-order valence-corrected chi connectivity index (χ1v) is 6.04. The van der Waals surface area contributed by atoms with E-state index in [1.165, 1.54) is 0 Å². The van der Waals surface area contributed by atoms with Crippen LogP contribution in [0.3, 0.4) is 0 Å². The van der Waals surface area contributed by atoms with Crippen LogP contribution in [0, 0.1) is 0 Å². The zero-order chi connectivity index (χ0) is 13.2. The zero-order valence-corrected chi connectivity index (χ0v) is 10.6. The van der Waals surface area contributed by atoms with Gasteiger partial charge in [0.15, 0.2) is 0 Å². The van der Waals surface area contributed by atoms with Gasteiger partial charge in [-0.25, -0.2) is 4.98 Å². The quantitative estimate of drug-likeness (QED) is 0.723. The van der Waals surface area contributed by atoms with Gasteiger partial charge in [-0.15, -0.1) is 0 Å². The molecule has 0 saturated heterocycles. The summed E-state index contributed by atoms with van der Waals surface area (Å²) in [6.07, 6.45) is 1.64. The average molecular weight is 272 g/mol. The average Bonchev–Trinajstić information content (AvgIpc) is 2.37. The Labute approximate surface area is 114 Å². The van der Waals surface area contributed by atoms with Crippen molar-refractivity contribution >= 4 is 28.2 Å². The van der Waals surface area contributed by atoms with Crippen molar-refractivity contribution in [3.8, 4) is 11.6 Å². The van der Waals surface area contributed by atoms with E-state index in [2.05, 4.69) is 9.97 Å². The second-order valence-corrected chi connectivity index (χ2v) is 4.41. The lowest BCUT2D eigenvalue weighted by Gasteiger charge is -2.06. The van der Waals surface area contributed by atoms with Gasteiger partial charge in [0.1, 0.15) is 10.9 Å². The topological polar surface area (TPSA) is 61.0 Å². The largest absolute Gasteiger partial charge is 0.437 e. The number of para-hydroxylation sites is 1. The van der Waals surface area contributed by atoms with Gasteiger partial charge in [0.05, 0.1) is 11.7 Å². The molecule has 0 aliphatic carbocycles. The molecule has 1 aromatic carbocycles. The number of pyridine rings is 2. The van der Waals surface area contributed by atoms with Crippen LogP contribution in [0.1, 0.15) is 0 Å². The smallest absolute Gasteiger partial charge is 0.222 e. The third-order valence-corrected chi connectivity index (χ3v) is 2.77. The molecular formula is C14H10ClN3O. The number of halogens is 1. The summed E-state index contributed by atoms with van der Waals surface area (Å²) in [5, 5.41) is 1.29. The van der Waals surface area contributed by atoms with Crippen LogP contribution in [0.15, 0.2) is 48.7 Å². The first-order valence-electron chi connectivity index (χ1n) is 5.66. The number of fused-ring (bicyclic) bond motifs is 1. The molecule has 2 N–H and O–H groups in total. The zero-order valence-electron chi connectivity index (χ0n) is 9.88. The van der Waals surface area contributed by atoms with Gasteiger partial charge in [-0.3, -0.25) is 4.98 Å². The van der Waals surface area contributed by atoms with Crippen LogP contribution in [-0.4, -0.2) is 9.97 Å². The number of hydrogen-bond acceptors (Lipinski definition) is 4. The molecule has 0 spiro atoms. The number of benzene rings is 1. The fraction of sp³-hybridized carbons (Fsp3) is 0. The first-order chi connectivity index (χ1) is 9.20. The molecule has 3 aromatic rings. The monoisotopic (exact) mass is 271 g/mol. The summed E-state index contributed by atoms with van der Waals surface area (Å²) in [4.78, 5) is 8.35. The van der Waals surface area contributed by atoms with Crippen LogP contribution < -0.4 is 10.5 Å². The Morgan fingerprint density at radius 3 is 2.79 bits per heavy atom. The van der Waals surface area contributed by atoms with E-state index >= 15 is 0 Å². The van der Waals surface area contributed by atoms with Crippen LogP contribution in [0.4, 0.5) is 5.69 Å². The maximum atomic E-state index is 5.82. The summed E-state index contributed by atoms with van der Waals surface area (Å²) in [7, 11) is 0. The Morgan fingerprint density at radius 1 is 1.11 bits per heavy atom. The van der Waals surface area contributed by atoms with Gasteiger partial charge in [0, 0.05) is 17.1 Å². The minimum Gasteiger partial charge on any atom is -0.437 e. The highest BCUT2D eigenvalue weighted by Gasteiger charge is 2.03. The van der Waals surface area contributed by atoms with Crippen LogP contribution >= 0.6 is 11.6 Å². The van der Waals surface area contributed by atoms with Crippen molar-refractivity contribution < 1.29 is 4.74 Å². The van der Waals surface area contributed by atoms with Gasteiger partial charge < -0.3 is 10.5 Å². The molecule has 0 aliphatic heterocycles. The fourth-order valence-corrected chi connectivity index (χ4v) is 1.98. The van der Waals surface area contributed by atoms with E-state index in [0.29, 0.717) is 22.5 Å². The molecule has 4 nitrogen and oxygen atoms in total. The lowest BCUT2D eigenvalue weighted by molar-refractivity contribution is 0.462. The molecular weight excluding hydrogens is 262 g/mol. The van der Waals surface area contributed by atoms with E-state index < -0.39 is 0 Å². The molecule has 0 radical (unpaired) electrons. The normalized spacial score (nSPS) is 10.6. The molecule has 0 atom stereocenters. The Hall–Kier alpha value is -2.33. The molecule has 0 amide bonds. The molecule has 0 bridgehead atoms. The Balaban J connectivity index is 1.96. The summed E-state index contributed by atoms with van der Waals surface area (Å²) >= 11 is 5.82. The lowest BCUT2D eigenvalue weighted by atomic mass is 10.2. The van der Waals surface area contributed by atoms with Crippen LogP contribution in [-0.2, 0) is 0 Å². The molecule has 2 heterocycles. The number of rotatable bonds is 2. The van der Waals surface area contributed by atoms with Gasteiger partial charge in [0.25, 0.3) is 0 Å². The van der Waals surface area contributed by atoms with E-state index in [-0.39, 0.29) is 0 Å². The third-order valence-electron chi connectivity index (χ3n) is 2.58. The molecule has 94 valence electrons. The highest BCUT2D eigenvalue weighted by molar-refractivity contribution is 6.29. The van der Waals surface area contributed by atoms with Crippen molar-refractivity contribution in [2.45, 2.75) is 0 Å². The molecule has 2 aromatic heterocycles. The predicted molar refractivity (Wildman–Crippen MR) is 75.5 cm³/mol. The number of anilines is 1. The SMILES string of the molecule is Nc1cc(Cl)nc(Oc2cnc3ccccc3c2)c1. The summed E-state index contributed by atoms with van der Waals surface area (Å²) in [5.74, 6) is 0.940. The van der Waals surface area contributed by atoms with Crippen molar-refractivity contribution in [1.82, 2.24) is 9.97 Å². The second kappa shape index (κ2) is 4.74. The van der Waals surface area contributed by atoms with E-state index in [1.54, 1.807) is 18.3 Å². The third kappa shape index (κ3) is 2.58. The number of ether oxygens (including phenoxy) is 1. The number of aromatic nitrogens is 2. The summed E-state index contributed by atoms with van der Waals surface area (Å²) < 4.78 is 5.61. The summed E-state index contributed by atoms with van der Waals surface area (Å²) in [5.41, 5.74) is 7.10. The molecule has 0 unspecified atom stereocenters. The standard InChI is InChI=1S/C14H10ClN3O/c15-13-6-10(16)7-14(18-13)19-11-5-9-3-1-2-4-12(9)17-8-11/h1-8H,(H2,16,18). The summed E-state index contributed by atoms with van der Waals surface area (Å²) in [6.45, 7) is 0. The molecule has 0 saturated carbocycles. The number of nitrogen functional groups attached to an aromatic ring is 1. The molecule has 0 fully saturated rings. The maximum absolute atomic E-state index is 5.82. The Kier molecular flexibility index (Phi) is 2.93. The van der Waals surface area contributed by atoms with Gasteiger partial charge in [-0.2, -0.15) is 0 Å². The summed E-state index contributed by atoms with van der Waals surface area (Å²) in [6, 6.07) is 12.9. The minimum absolute atomic E-state index is 0.295. The Bertz CT molecular complexity index is 725. The van der Waals surface area contributed by atoms with Crippen LogP contribution in [0.2, 0.25) is 5.15 Å². The van der Waals surface area contributed by atoms with Gasteiger partial charge in [-0.1, -0.05) is 29.8 Å². The maximum Gasteiger partial charge on any atom is 0.222 e. The van der Waals surface area contributed by atoms with Crippen molar-refractivity contribution in [2.75, 3.05) is 5.73 Å². The number of hydrogen-bond donors (Lipinski definition) is 1. The van der Waals surface area contributed by atoms with Crippen LogP contribution in [0.5, 0.6) is 11.6 Å². The highest BCUT2D eigenvalue weighted by Crippen LogP contribution is 2.25. The first kappa shape index (κ1) is 11.7. The van der Waals surface area contributed by atoms with E-state index in [0.717, 1.165) is 10.9 Å². The second-order valence-electron chi connectivity index (χ2n) is 4.03. The molecule has 3 rings (SSSR count).